The number of rotatable bonds is 2. The standard InChI is InChI=1S/C17H14BrF3N2O2S/c18-14-9-11(10-26-14)15(24)22-5-7-23(8-6-22)16(25)12-3-1-2-4-13(12)17(19,20)21/h1-4,9-10H,5-8H2. The van der Waals surface area contributed by atoms with Gasteiger partial charge in [0, 0.05) is 31.6 Å². The monoisotopic (exact) mass is 446 g/mol. The number of hydrogen-bond donors (Lipinski definition) is 0. The summed E-state index contributed by atoms with van der Waals surface area (Å²) in [6.45, 7) is 0.961. The maximum atomic E-state index is 13.1. The van der Waals surface area contributed by atoms with Crippen LogP contribution in [-0.2, 0) is 6.18 Å². The van der Waals surface area contributed by atoms with Gasteiger partial charge in [-0.05, 0) is 34.1 Å². The Hall–Kier alpha value is -1.87. The maximum absolute atomic E-state index is 13.1. The molecule has 0 bridgehead atoms. The number of thiophene rings is 1. The number of benzene rings is 1. The molecular formula is C17H14BrF3N2O2S. The second kappa shape index (κ2) is 7.40. The molecule has 1 fully saturated rings. The Balaban J connectivity index is 1.69. The molecule has 0 N–H and O–H groups in total. The van der Waals surface area contributed by atoms with Gasteiger partial charge in [-0.3, -0.25) is 9.59 Å². The van der Waals surface area contributed by atoms with E-state index in [0.29, 0.717) is 5.56 Å². The van der Waals surface area contributed by atoms with Crippen molar-refractivity contribution in [1.82, 2.24) is 9.80 Å². The van der Waals surface area contributed by atoms with Crippen molar-refractivity contribution in [3.05, 3.63) is 56.2 Å². The molecule has 1 saturated heterocycles. The number of piperazine rings is 1. The van der Waals surface area contributed by atoms with Crippen molar-refractivity contribution >= 4 is 39.1 Å². The second-order valence-corrected chi connectivity index (χ2v) is 8.06. The van der Waals surface area contributed by atoms with Crippen LogP contribution in [0.2, 0.25) is 0 Å². The largest absolute Gasteiger partial charge is 0.417 e. The van der Waals surface area contributed by atoms with Crippen LogP contribution in [0.4, 0.5) is 13.2 Å². The second-order valence-electron chi connectivity index (χ2n) is 5.77. The summed E-state index contributed by atoms with van der Waals surface area (Å²) in [5.41, 5.74) is -0.739. The van der Waals surface area contributed by atoms with Crippen LogP contribution in [0.25, 0.3) is 0 Å². The van der Waals surface area contributed by atoms with Gasteiger partial charge in [-0.15, -0.1) is 11.3 Å². The highest BCUT2D eigenvalue weighted by atomic mass is 79.9. The fraction of sp³-hybridized carbons (Fsp3) is 0.294. The number of carbonyl (C=O) groups excluding carboxylic acids is 2. The minimum absolute atomic E-state index is 0.144. The Morgan fingerprint density at radius 3 is 2.12 bits per heavy atom. The van der Waals surface area contributed by atoms with E-state index in [2.05, 4.69) is 15.9 Å². The van der Waals surface area contributed by atoms with Gasteiger partial charge >= 0.3 is 6.18 Å². The first-order valence-corrected chi connectivity index (χ1v) is 9.43. The molecule has 1 aliphatic rings. The molecule has 2 heterocycles. The van der Waals surface area contributed by atoms with Crippen molar-refractivity contribution in [2.75, 3.05) is 26.2 Å². The third kappa shape index (κ3) is 3.93. The summed E-state index contributed by atoms with van der Waals surface area (Å²) in [6.07, 6.45) is -4.59. The fourth-order valence-electron chi connectivity index (χ4n) is 2.80. The quantitative estimate of drug-likeness (QED) is 0.695. The number of halogens is 4. The number of alkyl halides is 3. The summed E-state index contributed by atoms with van der Waals surface area (Å²) in [4.78, 5) is 27.9. The first-order valence-electron chi connectivity index (χ1n) is 7.76. The van der Waals surface area contributed by atoms with Crippen molar-refractivity contribution in [2.24, 2.45) is 0 Å². The van der Waals surface area contributed by atoms with E-state index in [4.69, 9.17) is 0 Å². The minimum atomic E-state index is -4.59. The Morgan fingerprint density at radius 2 is 1.58 bits per heavy atom. The van der Waals surface area contributed by atoms with Crippen LogP contribution in [0.15, 0.2) is 39.5 Å². The van der Waals surface area contributed by atoms with Crippen molar-refractivity contribution < 1.29 is 22.8 Å². The van der Waals surface area contributed by atoms with Gasteiger partial charge in [-0.1, -0.05) is 12.1 Å². The van der Waals surface area contributed by atoms with Gasteiger partial charge in [0.2, 0.25) is 0 Å². The molecule has 0 radical (unpaired) electrons. The molecular weight excluding hydrogens is 433 g/mol. The average molecular weight is 447 g/mol. The third-order valence-electron chi connectivity index (χ3n) is 4.13. The third-order valence-corrected chi connectivity index (χ3v) is 5.64. The molecule has 9 heteroatoms. The van der Waals surface area contributed by atoms with Crippen LogP contribution >= 0.6 is 27.3 Å². The van der Waals surface area contributed by atoms with Crippen LogP contribution in [0, 0.1) is 0 Å². The molecule has 1 aromatic carbocycles. The molecule has 1 aromatic heterocycles. The zero-order valence-electron chi connectivity index (χ0n) is 13.4. The lowest BCUT2D eigenvalue weighted by Gasteiger charge is -2.35. The normalized spacial score (nSPS) is 15.2. The van der Waals surface area contributed by atoms with E-state index in [1.54, 1.807) is 16.3 Å². The summed E-state index contributed by atoms with van der Waals surface area (Å²) in [5, 5.41) is 1.74. The molecule has 0 aliphatic carbocycles. The van der Waals surface area contributed by atoms with Crippen molar-refractivity contribution in [2.45, 2.75) is 6.18 Å². The Morgan fingerprint density at radius 1 is 1.00 bits per heavy atom. The summed E-state index contributed by atoms with van der Waals surface area (Å²) < 4.78 is 40.2. The Bertz CT molecular complexity index is 829. The topological polar surface area (TPSA) is 40.6 Å². The first kappa shape index (κ1) is 18.9. The van der Waals surface area contributed by atoms with E-state index in [9.17, 15) is 22.8 Å². The fourth-order valence-corrected chi connectivity index (χ4v) is 3.93. The lowest BCUT2D eigenvalue weighted by molar-refractivity contribution is -0.138. The highest BCUT2D eigenvalue weighted by molar-refractivity contribution is 9.11. The smallest absolute Gasteiger partial charge is 0.335 e. The van der Waals surface area contributed by atoms with Crippen molar-refractivity contribution in [3.8, 4) is 0 Å². The van der Waals surface area contributed by atoms with Crippen LogP contribution in [0.1, 0.15) is 26.3 Å². The molecule has 0 spiro atoms. The molecule has 2 aromatic rings. The van der Waals surface area contributed by atoms with Gasteiger partial charge in [0.15, 0.2) is 0 Å². The SMILES string of the molecule is O=C(c1csc(Br)c1)N1CCN(C(=O)c2ccccc2C(F)(F)F)CC1. The minimum Gasteiger partial charge on any atom is -0.335 e. The van der Waals surface area contributed by atoms with Gasteiger partial charge in [0.1, 0.15) is 0 Å². The van der Waals surface area contributed by atoms with Crippen LogP contribution in [0.3, 0.4) is 0 Å². The number of nitrogens with zero attached hydrogens (tertiary/aromatic N) is 2. The summed E-state index contributed by atoms with van der Waals surface area (Å²) in [5.74, 6) is -0.807. The molecule has 3 rings (SSSR count). The van der Waals surface area contributed by atoms with E-state index in [1.807, 2.05) is 0 Å². The molecule has 1 aliphatic heterocycles. The lowest BCUT2D eigenvalue weighted by atomic mass is 10.1. The Labute approximate surface area is 160 Å². The highest BCUT2D eigenvalue weighted by Crippen LogP contribution is 2.32. The van der Waals surface area contributed by atoms with Gasteiger partial charge in [0.05, 0.1) is 20.5 Å². The molecule has 0 unspecified atom stereocenters. The number of amides is 2. The summed E-state index contributed by atoms with van der Waals surface area (Å²) in [7, 11) is 0. The van der Waals surface area contributed by atoms with E-state index < -0.39 is 17.6 Å². The zero-order chi connectivity index (χ0) is 18.9. The molecule has 26 heavy (non-hydrogen) atoms. The predicted octanol–water partition coefficient (Wildman–Crippen LogP) is 4.13. The van der Waals surface area contributed by atoms with Crippen molar-refractivity contribution in [3.63, 3.8) is 0 Å². The number of hydrogen-bond acceptors (Lipinski definition) is 3. The lowest BCUT2D eigenvalue weighted by Crippen LogP contribution is -2.50. The molecule has 138 valence electrons. The highest BCUT2D eigenvalue weighted by Gasteiger charge is 2.36. The van der Waals surface area contributed by atoms with Crippen LogP contribution in [0.5, 0.6) is 0 Å². The summed E-state index contributed by atoms with van der Waals surface area (Å²) in [6, 6.07) is 6.49. The van der Waals surface area contributed by atoms with Gasteiger partial charge < -0.3 is 9.80 Å². The molecule has 0 saturated carbocycles. The zero-order valence-corrected chi connectivity index (χ0v) is 15.8. The summed E-state index contributed by atoms with van der Waals surface area (Å²) >= 11 is 4.71. The average Bonchev–Trinajstić information content (AvgIpc) is 3.06. The van der Waals surface area contributed by atoms with E-state index in [1.165, 1.54) is 34.4 Å². The van der Waals surface area contributed by atoms with E-state index in [-0.39, 0.29) is 37.6 Å². The first-order chi connectivity index (χ1) is 12.3. The molecule has 0 atom stereocenters. The van der Waals surface area contributed by atoms with Crippen LogP contribution in [-0.4, -0.2) is 47.8 Å². The van der Waals surface area contributed by atoms with E-state index in [0.717, 1.165) is 9.85 Å². The number of carbonyl (C=O) groups is 2. The van der Waals surface area contributed by atoms with Gasteiger partial charge in [0.25, 0.3) is 11.8 Å². The van der Waals surface area contributed by atoms with Crippen LogP contribution < -0.4 is 0 Å². The molecule has 2 amide bonds. The van der Waals surface area contributed by atoms with E-state index >= 15 is 0 Å². The van der Waals surface area contributed by atoms with Gasteiger partial charge in [-0.25, -0.2) is 0 Å². The predicted molar refractivity (Wildman–Crippen MR) is 95.3 cm³/mol. The van der Waals surface area contributed by atoms with Gasteiger partial charge in [-0.2, -0.15) is 13.2 Å². The molecule has 4 nitrogen and oxygen atoms in total. The Kier molecular flexibility index (Phi) is 5.38. The maximum Gasteiger partial charge on any atom is 0.417 e. The van der Waals surface area contributed by atoms with Crippen molar-refractivity contribution in [1.29, 1.82) is 0 Å².